The summed E-state index contributed by atoms with van der Waals surface area (Å²) in [5.74, 6) is 0.775. The topological polar surface area (TPSA) is 74.8 Å². The van der Waals surface area contributed by atoms with E-state index >= 15 is 0 Å². The van der Waals surface area contributed by atoms with Crippen LogP contribution >= 0.6 is 0 Å². The Morgan fingerprint density at radius 3 is 2.95 bits per heavy atom. The summed E-state index contributed by atoms with van der Waals surface area (Å²) in [5.41, 5.74) is 1.39. The summed E-state index contributed by atoms with van der Waals surface area (Å²) in [6, 6.07) is 0.0169. The lowest BCUT2D eigenvalue weighted by atomic mass is 10.2. The van der Waals surface area contributed by atoms with Crippen LogP contribution in [0.25, 0.3) is 0 Å². The number of carbonyl (C=O) groups excluding carboxylic acids is 1. The van der Waals surface area contributed by atoms with E-state index in [0.29, 0.717) is 5.69 Å². The van der Waals surface area contributed by atoms with Crippen LogP contribution in [0.15, 0.2) is 24.8 Å². The van der Waals surface area contributed by atoms with Gasteiger partial charge in [0.15, 0.2) is 0 Å². The van der Waals surface area contributed by atoms with Gasteiger partial charge in [-0.25, -0.2) is 9.97 Å². The second kappa shape index (κ2) is 4.79. The van der Waals surface area contributed by atoms with Gasteiger partial charge in [0.1, 0.15) is 11.5 Å². The van der Waals surface area contributed by atoms with Gasteiger partial charge >= 0.3 is 0 Å². The Hall–Kier alpha value is -2.24. The first-order valence-corrected chi connectivity index (χ1v) is 6.34. The molecule has 3 rings (SSSR count). The van der Waals surface area contributed by atoms with Crippen LogP contribution < -0.4 is 0 Å². The van der Waals surface area contributed by atoms with Crippen LogP contribution in [0.2, 0.25) is 0 Å². The molecule has 1 aliphatic heterocycles. The molecule has 2 aromatic rings. The summed E-state index contributed by atoms with van der Waals surface area (Å²) in [4.78, 5) is 29.8. The van der Waals surface area contributed by atoms with Crippen LogP contribution in [-0.2, 0) is 0 Å². The molecular weight excluding hydrogens is 242 g/mol. The summed E-state index contributed by atoms with van der Waals surface area (Å²) < 4.78 is 0. The highest BCUT2D eigenvalue weighted by Crippen LogP contribution is 2.31. The number of nitrogens with zero attached hydrogens (tertiary/aromatic N) is 4. The first-order chi connectivity index (χ1) is 9.25. The molecule has 2 aromatic heterocycles. The van der Waals surface area contributed by atoms with Crippen LogP contribution in [0.4, 0.5) is 0 Å². The largest absolute Gasteiger partial charge is 0.344 e. The normalized spacial score (nSPS) is 18.8. The Bertz CT molecular complexity index is 580. The molecule has 98 valence electrons. The Labute approximate surface area is 110 Å². The van der Waals surface area contributed by atoms with Gasteiger partial charge in [-0.2, -0.15) is 0 Å². The number of likely N-dealkylation sites (tertiary alicyclic amines) is 1. The van der Waals surface area contributed by atoms with E-state index in [2.05, 4.69) is 19.9 Å². The number of aryl methyl sites for hydroxylation is 1. The maximum absolute atomic E-state index is 12.4. The van der Waals surface area contributed by atoms with Crippen molar-refractivity contribution in [3.05, 3.63) is 42.0 Å². The van der Waals surface area contributed by atoms with E-state index in [-0.39, 0.29) is 11.9 Å². The van der Waals surface area contributed by atoms with E-state index in [1.54, 1.807) is 12.4 Å². The quantitative estimate of drug-likeness (QED) is 0.884. The number of H-pyrrole nitrogens is 1. The molecule has 1 N–H and O–H groups in total. The van der Waals surface area contributed by atoms with Gasteiger partial charge in [-0.05, 0) is 19.8 Å². The molecule has 19 heavy (non-hydrogen) atoms. The molecular formula is C13H15N5O. The molecule has 6 nitrogen and oxygen atoms in total. The van der Waals surface area contributed by atoms with Gasteiger partial charge in [-0.3, -0.25) is 9.78 Å². The van der Waals surface area contributed by atoms with Crippen molar-refractivity contribution in [2.24, 2.45) is 0 Å². The second-order valence-corrected chi connectivity index (χ2v) is 4.70. The molecule has 0 bridgehead atoms. The summed E-state index contributed by atoms with van der Waals surface area (Å²) in [6.45, 7) is 2.69. The standard InChI is InChI=1S/C13H15N5O/c1-9-7-16-12(17-9)11-3-2-6-18(11)13(19)10-8-14-4-5-15-10/h4-5,7-8,11H,2-3,6H2,1H3,(H,16,17)/t11-/m0/s1. The van der Waals surface area contributed by atoms with Crippen LogP contribution in [0.5, 0.6) is 0 Å². The van der Waals surface area contributed by atoms with Gasteiger partial charge < -0.3 is 9.88 Å². The molecule has 1 fully saturated rings. The fourth-order valence-electron chi connectivity index (χ4n) is 2.45. The van der Waals surface area contributed by atoms with Gasteiger partial charge in [0.05, 0.1) is 12.2 Å². The van der Waals surface area contributed by atoms with Gasteiger partial charge in [0, 0.05) is 30.8 Å². The molecule has 1 atom stereocenters. The number of rotatable bonds is 2. The fraction of sp³-hybridized carbons (Fsp3) is 0.385. The summed E-state index contributed by atoms with van der Waals surface area (Å²) in [7, 11) is 0. The van der Waals surface area contributed by atoms with Crippen LogP contribution in [0.1, 0.15) is 40.9 Å². The summed E-state index contributed by atoms with van der Waals surface area (Å²) >= 11 is 0. The van der Waals surface area contributed by atoms with Crippen molar-refractivity contribution in [1.82, 2.24) is 24.8 Å². The lowest BCUT2D eigenvalue weighted by molar-refractivity contribution is 0.0724. The average Bonchev–Trinajstić information content (AvgIpc) is 3.07. The summed E-state index contributed by atoms with van der Waals surface area (Å²) in [5, 5.41) is 0. The van der Waals surface area contributed by atoms with Crippen molar-refractivity contribution in [1.29, 1.82) is 0 Å². The smallest absolute Gasteiger partial charge is 0.274 e. The average molecular weight is 257 g/mol. The zero-order valence-electron chi connectivity index (χ0n) is 10.7. The van der Waals surface area contributed by atoms with Crippen molar-refractivity contribution in [3.63, 3.8) is 0 Å². The first-order valence-electron chi connectivity index (χ1n) is 6.34. The number of carbonyl (C=O) groups is 1. The van der Waals surface area contributed by atoms with Crippen LogP contribution in [-0.4, -0.2) is 37.3 Å². The minimum atomic E-state index is -0.0790. The molecule has 0 unspecified atom stereocenters. The Morgan fingerprint density at radius 1 is 1.37 bits per heavy atom. The molecule has 6 heteroatoms. The lowest BCUT2D eigenvalue weighted by Gasteiger charge is -2.22. The number of aromatic amines is 1. The Morgan fingerprint density at radius 2 is 2.26 bits per heavy atom. The van der Waals surface area contributed by atoms with Gasteiger partial charge in [0.25, 0.3) is 5.91 Å². The van der Waals surface area contributed by atoms with Crippen molar-refractivity contribution in [2.45, 2.75) is 25.8 Å². The monoisotopic (exact) mass is 257 g/mol. The van der Waals surface area contributed by atoms with E-state index in [4.69, 9.17) is 0 Å². The molecule has 1 aliphatic rings. The van der Waals surface area contributed by atoms with E-state index < -0.39 is 0 Å². The van der Waals surface area contributed by atoms with Crippen molar-refractivity contribution in [3.8, 4) is 0 Å². The lowest BCUT2D eigenvalue weighted by Crippen LogP contribution is -2.31. The van der Waals surface area contributed by atoms with Crippen LogP contribution in [0, 0.1) is 6.92 Å². The van der Waals surface area contributed by atoms with E-state index in [1.165, 1.54) is 12.4 Å². The summed E-state index contributed by atoms with van der Waals surface area (Å²) in [6.07, 6.45) is 8.31. The SMILES string of the molecule is Cc1cnc([C@@H]2CCCN2C(=O)c2cnccn2)[nH]1. The first kappa shape index (κ1) is 11.8. The number of nitrogens with one attached hydrogen (secondary N) is 1. The van der Waals surface area contributed by atoms with E-state index in [0.717, 1.165) is 30.9 Å². The van der Waals surface area contributed by atoms with Gasteiger partial charge in [-0.15, -0.1) is 0 Å². The zero-order chi connectivity index (χ0) is 13.2. The fourth-order valence-corrected chi connectivity index (χ4v) is 2.45. The van der Waals surface area contributed by atoms with Crippen molar-refractivity contribution >= 4 is 5.91 Å². The number of aromatic nitrogens is 4. The Kier molecular flexibility index (Phi) is 2.98. The van der Waals surface area contributed by atoms with Crippen molar-refractivity contribution in [2.75, 3.05) is 6.54 Å². The molecule has 0 spiro atoms. The van der Waals surface area contributed by atoms with Crippen LogP contribution in [0.3, 0.4) is 0 Å². The molecule has 1 saturated heterocycles. The number of amides is 1. The molecule has 0 aliphatic carbocycles. The molecule has 3 heterocycles. The Balaban J connectivity index is 1.86. The zero-order valence-corrected chi connectivity index (χ0v) is 10.7. The minimum Gasteiger partial charge on any atom is -0.344 e. The number of hydrogen-bond acceptors (Lipinski definition) is 4. The minimum absolute atomic E-state index is 0.0169. The molecule has 0 saturated carbocycles. The number of imidazole rings is 1. The molecule has 0 radical (unpaired) electrons. The number of hydrogen-bond donors (Lipinski definition) is 1. The molecule has 1 amide bonds. The predicted octanol–water partition coefficient (Wildman–Crippen LogP) is 1.49. The van der Waals surface area contributed by atoms with Gasteiger partial charge in [-0.1, -0.05) is 0 Å². The third kappa shape index (κ3) is 2.21. The van der Waals surface area contributed by atoms with E-state index in [1.807, 2.05) is 11.8 Å². The second-order valence-electron chi connectivity index (χ2n) is 4.70. The van der Waals surface area contributed by atoms with Crippen molar-refractivity contribution < 1.29 is 4.79 Å². The third-order valence-electron chi connectivity index (χ3n) is 3.33. The van der Waals surface area contributed by atoms with E-state index in [9.17, 15) is 4.79 Å². The highest BCUT2D eigenvalue weighted by molar-refractivity contribution is 5.92. The highest BCUT2D eigenvalue weighted by atomic mass is 16.2. The molecule has 0 aromatic carbocycles. The maximum atomic E-state index is 12.4. The predicted molar refractivity (Wildman–Crippen MR) is 68.4 cm³/mol. The third-order valence-corrected chi connectivity index (χ3v) is 3.33. The van der Waals surface area contributed by atoms with Gasteiger partial charge in [0.2, 0.25) is 0 Å². The highest BCUT2D eigenvalue weighted by Gasteiger charge is 2.32. The maximum Gasteiger partial charge on any atom is 0.274 e.